The fourth-order valence-corrected chi connectivity index (χ4v) is 2.03. The predicted molar refractivity (Wildman–Crippen MR) is 69.3 cm³/mol. The van der Waals surface area contributed by atoms with E-state index in [1.807, 2.05) is 0 Å². The van der Waals surface area contributed by atoms with Crippen LogP contribution in [0.15, 0.2) is 24.3 Å². The number of hydrogen-bond donors (Lipinski definition) is 2. The Morgan fingerprint density at radius 1 is 1.45 bits per heavy atom. The maximum absolute atomic E-state index is 12.0. The van der Waals surface area contributed by atoms with Crippen molar-refractivity contribution >= 4 is 17.6 Å². The second kappa shape index (κ2) is 5.68. The minimum atomic E-state index is -0.971. The van der Waals surface area contributed by atoms with Gasteiger partial charge in [0.1, 0.15) is 0 Å². The van der Waals surface area contributed by atoms with Gasteiger partial charge in [0, 0.05) is 23.7 Å². The van der Waals surface area contributed by atoms with E-state index < -0.39 is 22.8 Å². The number of carbonyl (C=O) groups excluding carboxylic acids is 1. The van der Waals surface area contributed by atoms with Gasteiger partial charge in [0.25, 0.3) is 11.6 Å². The second-order valence-electron chi connectivity index (χ2n) is 4.82. The highest BCUT2D eigenvalue weighted by Crippen LogP contribution is 2.34. The molecule has 1 aromatic carbocycles. The standard InChI is InChI=1S/C13H14N2O5/c16-12(17)7-11(8-4-5-8)14-13(18)9-2-1-3-10(6-9)15(19)20/h1-3,6,8,11H,4-5,7H2,(H,14,18)(H,16,17). The predicted octanol–water partition coefficient (Wildman–Crippen LogP) is 1.58. The summed E-state index contributed by atoms with van der Waals surface area (Å²) in [7, 11) is 0. The highest BCUT2D eigenvalue weighted by molar-refractivity contribution is 5.95. The molecule has 0 aliphatic heterocycles. The van der Waals surface area contributed by atoms with Crippen LogP contribution in [0.25, 0.3) is 0 Å². The SMILES string of the molecule is O=C(O)CC(NC(=O)c1cccc([N+](=O)[O-])c1)C1CC1. The van der Waals surface area contributed by atoms with Crippen molar-refractivity contribution in [1.82, 2.24) is 5.32 Å². The largest absolute Gasteiger partial charge is 0.481 e. The average Bonchev–Trinajstić information content (AvgIpc) is 3.21. The molecule has 0 spiro atoms. The summed E-state index contributed by atoms with van der Waals surface area (Å²) in [6, 6.07) is 4.95. The first-order valence-corrected chi connectivity index (χ1v) is 6.24. The first kappa shape index (κ1) is 14.0. The Morgan fingerprint density at radius 2 is 2.15 bits per heavy atom. The van der Waals surface area contributed by atoms with E-state index in [2.05, 4.69) is 5.32 Å². The Hall–Kier alpha value is -2.44. The Kier molecular flexibility index (Phi) is 3.97. The molecule has 1 aromatic rings. The normalized spacial score (nSPS) is 15.4. The molecule has 1 aliphatic rings. The molecular formula is C13H14N2O5. The first-order valence-electron chi connectivity index (χ1n) is 6.24. The molecule has 1 unspecified atom stereocenters. The van der Waals surface area contributed by atoms with Crippen LogP contribution in [0.5, 0.6) is 0 Å². The van der Waals surface area contributed by atoms with Crippen molar-refractivity contribution in [3.63, 3.8) is 0 Å². The van der Waals surface area contributed by atoms with Gasteiger partial charge in [-0.1, -0.05) is 6.07 Å². The summed E-state index contributed by atoms with van der Waals surface area (Å²) in [5.74, 6) is -1.26. The number of rotatable bonds is 6. The molecular weight excluding hydrogens is 264 g/mol. The molecule has 2 N–H and O–H groups in total. The lowest BCUT2D eigenvalue weighted by molar-refractivity contribution is -0.384. The fraction of sp³-hybridized carbons (Fsp3) is 0.385. The summed E-state index contributed by atoms with van der Waals surface area (Å²) in [6.07, 6.45) is 1.66. The van der Waals surface area contributed by atoms with Gasteiger partial charge in [-0.15, -0.1) is 0 Å². The lowest BCUT2D eigenvalue weighted by Crippen LogP contribution is -2.38. The highest BCUT2D eigenvalue weighted by Gasteiger charge is 2.34. The Labute approximate surface area is 114 Å². The number of carboxylic acids is 1. The van der Waals surface area contributed by atoms with Gasteiger partial charge in [-0.2, -0.15) is 0 Å². The van der Waals surface area contributed by atoms with E-state index >= 15 is 0 Å². The van der Waals surface area contributed by atoms with Crippen LogP contribution in [-0.4, -0.2) is 27.9 Å². The number of benzene rings is 1. The van der Waals surface area contributed by atoms with Crippen LogP contribution in [-0.2, 0) is 4.79 Å². The number of non-ortho nitro benzene ring substituents is 1. The molecule has 106 valence electrons. The summed E-state index contributed by atoms with van der Waals surface area (Å²) in [6.45, 7) is 0. The van der Waals surface area contributed by atoms with Gasteiger partial charge in [-0.05, 0) is 24.8 Å². The summed E-state index contributed by atoms with van der Waals surface area (Å²) >= 11 is 0. The average molecular weight is 278 g/mol. The summed E-state index contributed by atoms with van der Waals surface area (Å²) in [5.41, 5.74) is -0.00547. The van der Waals surface area contributed by atoms with Crippen LogP contribution in [0.3, 0.4) is 0 Å². The number of hydrogen-bond acceptors (Lipinski definition) is 4. The third-order valence-electron chi connectivity index (χ3n) is 3.22. The number of nitro benzene ring substituents is 1. The fourth-order valence-electron chi connectivity index (χ4n) is 2.03. The van der Waals surface area contributed by atoms with Crippen molar-refractivity contribution in [1.29, 1.82) is 0 Å². The molecule has 1 atom stereocenters. The number of nitrogens with zero attached hydrogens (tertiary/aromatic N) is 1. The van der Waals surface area contributed by atoms with Crippen molar-refractivity contribution in [2.75, 3.05) is 0 Å². The van der Waals surface area contributed by atoms with Crippen molar-refractivity contribution < 1.29 is 19.6 Å². The van der Waals surface area contributed by atoms with Gasteiger partial charge < -0.3 is 10.4 Å². The van der Waals surface area contributed by atoms with Gasteiger partial charge >= 0.3 is 5.97 Å². The zero-order chi connectivity index (χ0) is 14.7. The van der Waals surface area contributed by atoms with Crippen molar-refractivity contribution in [3.05, 3.63) is 39.9 Å². The quantitative estimate of drug-likeness (QED) is 0.606. The third-order valence-corrected chi connectivity index (χ3v) is 3.22. The lowest BCUT2D eigenvalue weighted by atomic mass is 10.1. The van der Waals surface area contributed by atoms with Crippen LogP contribution >= 0.6 is 0 Å². The molecule has 0 bridgehead atoms. The molecule has 7 nitrogen and oxygen atoms in total. The first-order chi connectivity index (χ1) is 9.47. The molecule has 1 fully saturated rings. The van der Waals surface area contributed by atoms with E-state index in [0.29, 0.717) is 0 Å². The van der Waals surface area contributed by atoms with Crippen LogP contribution in [0.4, 0.5) is 5.69 Å². The molecule has 0 radical (unpaired) electrons. The summed E-state index contributed by atoms with van der Waals surface area (Å²) in [4.78, 5) is 32.9. The maximum Gasteiger partial charge on any atom is 0.305 e. The van der Waals surface area contributed by atoms with Gasteiger partial charge in [-0.25, -0.2) is 0 Å². The van der Waals surface area contributed by atoms with Gasteiger partial charge in [-0.3, -0.25) is 19.7 Å². The Balaban J connectivity index is 2.08. The summed E-state index contributed by atoms with van der Waals surface area (Å²) in [5, 5.41) is 22.1. The van der Waals surface area contributed by atoms with Crippen molar-refractivity contribution in [2.24, 2.45) is 5.92 Å². The molecule has 1 amide bonds. The minimum Gasteiger partial charge on any atom is -0.481 e. The van der Waals surface area contributed by atoms with E-state index in [1.165, 1.54) is 24.3 Å². The number of nitro groups is 1. The molecule has 20 heavy (non-hydrogen) atoms. The lowest BCUT2D eigenvalue weighted by Gasteiger charge is -2.16. The van der Waals surface area contributed by atoms with E-state index in [-0.39, 0.29) is 23.6 Å². The van der Waals surface area contributed by atoms with Crippen LogP contribution in [0.2, 0.25) is 0 Å². The third kappa shape index (κ3) is 3.53. The molecule has 0 heterocycles. The van der Waals surface area contributed by atoms with E-state index in [0.717, 1.165) is 12.8 Å². The van der Waals surface area contributed by atoms with Gasteiger partial charge in [0.05, 0.1) is 11.3 Å². The number of amides is 1. The molecule has 2 rings (SSSR count). The number of carboxylic acid groups (broad SMARTS) is 1. The van der Waals surface area contributed by atoms with Gasteiger partial charge in [0.15, 0.2) is 0 Å². The summed E-state index contributed by atoms with van der Waals surface area (Å²) < 4.78 is 0. The van der Waals surface area contributed by atoms with Crippen molar-refractivity contribution in [3.8, 4) is 0 Å². The molecule has 1 saturated carbocycles. The number of nitrogens with one attached hydrogen (secondary N) is 1. The van der Waals surface area contributed by atoms with E-state index in [1.54, 1.807) is 0 Å². The van der Waals surface area contributed by atoms with E-state index in [9.17, 15) is 19.7 Å². The smallest absolute Gasteiger partial charge is 0.305 e. The van der Waals surface area contributed by atoms with Crippen LogP contribution < -0.4 is 5.32 Å². The molecule has 1 aliphatic carbocycles. The molecule has 0 saturated heterocycles. The molecule has 7 heteroatoms. The topological polar surface area (TPSA) is 110 Å². The Morgan fingerprint density at radius 3 is 2.70 bits per heavy atom. The van der Waals surface area contributed by atoms with Crippen LogP contribution in [0, 0.1) is 16.0 Å². The zero-order valence-corrected chi connectivity index (χ0v) is 10.6. The number of aliphatic carboxylic acids is 1. The molecule has 0 aromatic heterocycles. The number of carbonyl (C=O) groups is 2. The van der Waals surface area contributed by atoms with Crippen molar-refractivity contribution in [2.45, 2.75) is 25.3 Å². The van der Waals surface area contributed by atoms with Gasteiger partial charge in [0.2, 0.25) is 0 Å². The maximum atomic E-state index is 12.0. The van der Waals surface area contributed by atoms with E-state index in [4.69, 9.17) is 5.11 Å². The monoisotopic (exact) mass is 278 g/mol. The highest BCUT2D eigenvalue weighted by atomic mass is 16.6. The van der Waals surface area contributed by atoms with Crippen LogP contribution in [0.1, 0.15) is 29.6 Å². The second-order valence-corrected chi connectivity index (χ2v) is 4.82. The zero-order valence-electron chi connectivity index (χ0n) is 10.6. The minimum absolute atomic E-state index is 0.134. The Bertz CT molecular complexity index is 553.